The fraction of sp³-hybridized carbons (Fsp3) is 0.700. The molecule has 0 spiro atoms. The van der Waals surface area contributed by atoms with E-state index in [-0.39, 0.29) is 36.4 Å². The van der Waals surface area contributed by atoms with Crippen LogP contribution in [0, 0.1) is 24.7 Å². The van der Waals surface area contributed by atoms with Crippen LogP contribution >= 0.6 is 11.6 Å². The van der Waals surface area contributed by atoms with Gasteiger partial charge in [0, 0.05) is 24.6 Å². The van der Waals surface area contributed by atoms with E-state index in [0.717, 1.165) is 0 Å². The van der Waals surface area contributed by atoms with Crippen LogP contribution in [0.1, 0.15) is 40.2 Å². The first kappa shape index (κ1) is 21.6. The topological polar surface area (TPSA) is 93.7 Å². The van der Waals surface area contributed by atoms with Gasteiger partial charge in [-0.3, -0.25) is 4.79 Å². The highest BCUT2D eigenvalue weighted by atomic mass is 35.5. The minimum absolute atomic E-state index is 0.00474. The number of piperidine rings is 1. The Labute approximate surface area is 176 Å². The predicted octanol–water partition coefficient (Wildman–Crippen LogP) is 2.82. The zero-order valence-electron chi connectivity index (χ0n) is 17.8. The van der Waals surface area contributed by atoms with Crippen LogP contribution in [0.4, 0.5) is 4.79 Å². The van der Waals surface area contributed by atoms with Crippen LogP contribution in [0.5, 0.6) is 5.88 Å². The Morgan fingerprint density at radius 3 is 2.41 bits per heavy atom. The monoisotopic (exact) mass is 424 g/mol. The summed E-state index contributed by atoms with van der Waals surface area (Å²) < 4.78 is 11.2. The summed E-state index contributed by atoms with van der Waals surface area (Å²) in [5, 5.41) is 3.40. The molecule has 1 N–H and O–H groups in total. The molecule has 1 saturated carbocycles. The summed E-state index contributed by atoms with van der Waals surface area (Å²) in [5.74, 6) is 0.728. The molecule has 29 heavy (non-hydrogen) atoms. The number of fused-ring (bicyclic) bond motifs is 1. The van der Waals surface area contributed by atoms with Gasteiger partial charge in [-0.25, -0.2) is 14.8 Å². The Kier molecular flexibility index (Phi) is 5.69. The van der Waals surface area contributed by atoms with Gasteiger partial charge in [0.15, 0.2) is 0 Å². The molecular formula is C20H29ClN4O4. The van der Waals surface area contributed by atoms with E-state index in [1.54, 1.807) is 11.8 Å². The number of nitrogens with one attached hydrogen (secondary N) is 1. The number of halogens is 1. The highest BCUT2D eigenvalue weighted by molar-refractivity contribution is 6.30. The fourth-order valence-electron chi connectivity index (χ4n) is 3.65. The molecule has 2 amide bonds. The van der Waals surface area contributed by atoms with Crippen molar-refractivity contribution in [2.75, 3.05) is 19.7 Å². The summed E-state index contributed by atoms with van der Waals surface area (Å²) in [6, 6.07) is 0. The number of likely N-dealkylation sites (tertiary alicyclic amines) is 1. The van der Waals surface area contributed by atoms with Crippen molar-refractivity contribution in [3.63, 3.8) is 0 Å². The van der Waals surface area contributed by atoms with E-state index < -0.39 is 11.1 Å². The molecule has 0 unspecified atom stereocenters. The molecule has 1 aromatic heterocycles. The lowest BCUT2D eigenvalue weighted by Gasteiger charge is -2.28. The Hall–Kier alpha value is -2.09. The minimum atomic E-state index is -0.581. The quantitative estimate of drug-likeness (QED) is 0.730. The van der Waals surface area contributed by atoms with Crippen LogP contribution in [-0.4, -0.2) is 57.7 Å². The number of hydrogen-bond acceptors (Lipinski definition) is 6. The van der Waals surface area contributed by atoms with E-state index in [1.807, 2.05) is 34.6 Å². The molecule has 1 aromatic rings. The van der Waals surface area contributed by atoms with Gasteiger partial charge in [0.25, 0.3) is 0 Å². The number of nitrogens with zero attached hydrogens (tertiary/aromatic N) is 3. The maximum atomic E-state index is 12.7. The number of carbonyl (C=O) groups excluding carboxylic acids is 2. The normalized spacial score (nSPS) is 23.4. The number of amides is 2. The predicted molar refractivity (Wildman–Crippen MR) is 108 cm³/mol. The molecule has 0 bridgehead atoms. The number of rotatable bonds is 5. The van der Waals surface area contributed by atoms with Gasteiger partial charge in [-0.05, 0) is 53.4 Å². The van der Waals surface area contributed by atoms with Gasteiger partial charge in [-0.15, -0.1) is 0 Å². The first-order valence-corrected chi connectivity index (χ1v) is 10.2. The van der Waals surface area contributed by atoms with Gasteiger partial charge in [0.1, 0.15) is 23.7 Å². The molecule has 8 nitrogen and oxygen atoms in total. The standard InChI is InChI=1S/C20H29ClN4O4/c1-11-15(21)22-10-23-17(11)28-9-20(5,6)24-16(26)14-12-7-25(8-13(12)14)18(27)29-19(2,3)4/h10,12-14H,7-9H2,1-6H3,(H,24,26)/t12-,13+,14+. The number of hydrogen-bond donors (Lipinski definition) is 1. The van der Waals surface area contributed by atoms with Crippen LogP contribution in [0.25, 0.3) is 0 Å². The van der Waals surface area contributed by atoms with Crippen LogP contribution < -0.4 is 10.1 Å². The molecule has 1 saturated heterocycles. The SMILES string of the molecule is Cc1c(Cl)ncnc1OCC(C)(C)NC(=O)[C@H]1[C@@H]2CN(C(=O)OC(C)(C)C)C[C@@H]21. The summed E-state index contributed by atoms with van der Waals surface area (Å²) in [5.41, 5.74) is -0.435. The second-order valence-electron chi connectivity index (χ2n) is 9.50. The third-order valence-corrected chi connectivity index (χ3v) is 5.54. The Balaban J connectivity index is 1.48. The maximum absolute atomic E-state index is 12.7. The molecule has 0 radical (unpaired) electrons. The molecule has 2 heterocycles. The summed E-state index contributed by atoms with van der Waals surface area (Å²) in [4.78, 5) is 34.6. The summed E-state index contributed by atoms with van der Waals surface area (Å²) in [6.45, 7) is 12.5. The lowest BCUT2D eigenvalue weighted by atomic mass is 10.1. The van der Waals surface area contributed by atoms with Crippen molar-refractivity contribution in [1.29, 1.82) is 0 Å². The van der Waals surface area contributed by atoms with Crippen molar-refractivity contribution in [3.05, 3.63) is 17.0 Å². The van der Waals surface area contributed by atoms with Gasteiger partial charge >= 0.3 is 6.09 Å². The molecule has 3 rings (SSSR count). The lowest BCUT2D eigenvalue weighted by Crippen LogP contribution is -2.49. The zero-order valence-corrected chi connectivity index (χ0v) is 18.5. The molecule has 1 aliphatic carbocycles. The highest BCUT2D eigenvalue weighted by Crippen LogP contribution is 2.52. The van der Waals surface area contributed by atoms with E-state index in [0.29, 0.717) is 29.7 Å². The van der Waals surface area contributed by atoms with Gasteiger partial charge in [-0.1, -0.05) is 11.6 Å². The third kappa shape index (κ3) is 5.10. The number of aromatic nitrogens is 2. The molecule has 2 aliphatic rings. The second-order valence-corrected chi connectivity index (χ2v) is 9.85. The van der Waals surface area contributed by atoms with E-state index in [1.165, 1.54) is 6.33 Å². The van der Waals surface area contributed by atoms with Crippen molar-refractivity contribution in [1.82, 2.24) is 20.2 Å². The van der Waals surface area contributed by atoms with E-state index in [4.69, 9.17) is 21.1 Å². The number of ether oxygens (including phenoxy) is 2. The average molecular weight is 425 g/mol. The summed E-state index contributed by atoms with van der Waals surface area (Å²) in [7, 11) is 0. The van der Waals surface area contributed by atoms with Crippen molar-refractivity contribution in [2.45, 2.75) is 52.7 Å². The molecule has 1 aliphatic heterocycles. The highest BCUT2D eigenvalue weighted by Gasteiger charge is 2.61. The largest absolute Gasteiger partial charge is 0.475 e. The van der Waals surface area contributed by atoms with Crippen LogP contribution in [0.15, 0.2) is 6.33 Å². The zero-order chi connectivity index (χ0) is 21.6. The van der Waals surface area contributed by atoms with Crippen LogP contribution in [0.3, 0.4) is 0 Å². The Morgan fingerprint density at radius 1 is 1.21 bits per heavy atom. The third-order valence-electron chi connectivity index (χ3n) is 5.16. The molecule has 0 aromatic carbocycles. The summed E-state index contributed by atoms with van der Waals surface area (Å²) >= 11 is 5.98. The van der Waals surface area contributed by atoms with Crippen molar-refractivity contribution < 1.29 is 19.1 Å². The van der Waals surface area contributed by atoms with E-state index in [9.17, 15) is 9.59 Å². The Bertz CT molecular complexity index is 796. The summed E-state index contributed by atoms with van der Waals surface area (Å²) in [6.07, 6.45) is 1.04. The maximum Gasteiger partial charge on any atom is 0.410 e. The van der Waals surface area contributed by atoms with Crippen molar-refractivity contribution in [2.24, 2.45) is 17.8 Å². The average Bonchev–Trinajstić information content (AvgIpc) is 3.09. The molecule has 9 heteroatoms. The van der Waals surface area contributed by atoms with Crippen LogP contribution in [0.2, 0.25) is 5.15 Å². The van der Waals surface area contributed by atoms with Crippen molar-refractivity contribution in [3.8, 4) is 5.88 Å². The molecule has 2 fully saturated rings. The lowest BCUT2D eigenvalue weighted by molar-refractivity contribution is -0.125. The molecule has 3 atom stereocenters. The van der Waals surface area contributed by atoms with Gasteiger partial charge in [0.05, 0.1) is 5.54 Å². The van der Waals surface area contributed by atoms with Gasteiger partial charge in [-0.2, -0.15) is 0 Å². The molecule has 160 valence electrons. The van der Waals surface area contributed by atoms with Gasteiger partial charge < -0.3 is 19.7 Å². The molecular weight excluding hydrogens is 396 g/mol. The van der Waals surface area contributed by atoms with E-state index >= 15 is 0 Å². The second kappa shape index (κ2) is 7.63. The fourth-order valence-corrected chi connectivity index (χ4v) is 3.78. The number of carbonyl (C=O) groups is 2. The van der Waals surface area contributed by atoms with Crippen LogP contribution in [-0.2, 0) is 9.53 Å². The Morgan fingerprint density at radius 2 is 1.83 bits per heavy atom. The minimum Gasteiger partial charge on any atom is -0.475 e. The first-order chi connectivity index (χ1) is 13.4. The first-order valence-electron chi connectivity index (χ1n) is 9.78. The van der Waals surface area contributed by atoms with E-state index in [2.05, 4.69) is 15.3 Å². The van der Waals surface area contributed by atoms with Gasteiger partial charge in [0.2, 0.25) is 11.8 Å². The smallest absolute Gasteiger partial charge is 0.410 e. The van der Waals surface area contributed by atoms with Crippen molar-refractivity contribution >= 4 is 23.6 Å².